The predicted molar refractivity (Wildman–Crippen MR) is 143 cm³/mol. The van der Waals surface area contributed by atoms with Gasteiger partial charge >= 0.3 is 0 Å². The third-order valence-electron chi connectivity index (χ3n) is 6.63. The Morgan fingerprint density at radius 2 is 1.66 bits per heavy atom. The normalized spacial score (nSPS) is 15.1. The summed E-state index contributed by atoms with van der Waals surface area (Å²) in [4.78, 5) is 15.2. The summed E-state index contributed by atoms with van der Waals surface area (Å²) in [5, 5.41) is 2.79. The van der Waals surface area contributed by atoms with Crippen molar-refractivity contribution in [1.29, 1.82) is 0 Å². The van der Waals surface area contributed by atoms with E-state index in [1.807, 2.05) is 24.3 Å². The Bertz CT molecular complexity index is 1390. The minimum Gasteiger partial charge on any atom is -0.486 e. The summed E-state index contributed by atoms with van der Waals surface area (Å²) in [6.45, 7) is 2.47. The molecule has 200 valence electrons. The number of hydrogen-bond acceptors (Lipinski definition) is 6. The quantitative estimate of drug-likeness (QED) is 0.464. The maximum absolute atomic E-state index is 14.1. The molecule has 38 heavy (non-hydrogen) atoms. The van der Waals surface area contributed by atoms with Gasteiger partial charge in [-0.05, 0) is 67.3 Å². The van der Waals surface area contributed by atoms with Crippen LogP contribution in [0.15, 0.2) is 71.6 Å². The van der Waals surface area contributed by atoms with Crippen molar-refractivity contribution in [2.24, 2.45) is 0 Å². The zero-order chi connectivity index (χ0) is 26.5. The van der Waals surface area contributed by atoms with Gasteiger partial charge in [-0.2, -0.15) is 0 Å². The summed E-state index contributed by atoms with van der Waals surface area (Å²) in [6, 6.07) is 17.4. The molecule has 0 saturated carbocycles. The molecular weight excluding hydrogens is 509 g/mol. The van der Waals surface area contributed by atoms with Gasteiger partial charge in [-0.15, -0.1) is 0 Å². The number of carbonyl (C=O) groups is 1. The second-order valence-corrected chi connectivity index (χ2v) is 11.2. The Morgan fingerprint density at radius 3 is 2.39 bits per heavy atom. The van der Waals surface area contributed by atoms with Crippen LogP contribution >= 0.6 is 0 Å². The molecule has 1 fully saturated rings. The number of benzene rings is 3. The molecule has 5 rings (SSSR count). The number of amides is 1. The molecule has 0 aromatic heterocycles. The molecule has 3 aromatic carbocycles. The fourth-order valence-corrected chi connectivity index (χ4v) is 6.05. The number of nitrogens with one attached hydrogen (secondary N) is 1. The van der Waals surface area contributed by atoms with Gasteiger partial charge in [0.05, 0.1) is 10.6 Å². The lowest BCUT2D eigenvalue weighted by molar-refractivity contribution is -0.119. The molecular formula is C28H30FN3O5S. The van der Waals surface area contributed by atoms with Crippen LogP contribution in [0.4, 0.5) is 15.8 Å². The molecule has 1 amide bonds. The fourth-order valence-electron chi connectivity index (χ4n) is 4.62. The highest BCUT2D eigenvalue weighted by atomic mass is 32.2. The van der Waals surface area contributed by atoms with Crippen LogP contribution in [0.25, 0.3) is 0 Å². The van der Waals surface area contributed by atoms with Gasteiger partial charge in [0.1, 0.15) is 25.6 Å². The van der Waals surface area contributed by atoms with Crippen molar-refractivity contribution in [3.63, 3.8) is 0 Å². The van der Waals surface area contributed by atoms with Crippen molar-refractivity contribution < 1.29 is 27.1 Å². The average Bonchev–Trinajstić information content (AvgIpc) is 2.95. The van der Waals surface area contributed by atoms with Gasteiger partial charge < -0.3 is 19.7 Å². The van der Waals surface area contributed by atoms with Gasteiger partial charge in [0.15, 0.2) is 11.5 Å². The predicted octanol–water partition coefficient (Wildman–Crippen LogP) is 4.10. The van der Waals surface area contributed by atoms with Crippen LogP contribution in [0.3, 0.4) is 0 Å². The smallest absolute Gasteiger partial charge is 0.264 e. The molecule has 2 aliphatic heterocycles. The van der Waals surface area contributed by atoms with Crippen LogP contribution in [-0.2, 0) is 21.4 Å². The van der Waals surface area contributed by atoms with E-state index in [9.17, 15) is 17.6 Å². The number of anilines is 2. The van der Waals surface area contributed by atoms with Crippen molar-refractivity contribution in [3.05, 3.63) is 78.1 Å². The highest BCUT2D eigenvalue weighted by Crippen LogP contribution is 2.34. The van der Waals surface area contributed by atoms with Gasteiger partial charge in [-0.25, -0.2) is 12.8 Å². The number of piperidine rings is 1. The molecule has 1 N–H and O–H groups in total. The maximum atomic E-state index is 14.1. The number of hydrogen-bond donors (Lipinski definition) is 1. The van der Waals surface area contributed by atoms with E-state index in [0.29, 0.717) is 24.7 Å². The lowest BCUT2D eigenvalue weighted by atomic mass is 10.1. The largest absolute Gasteiger partial charge is 0.486 e. The number of fused-ring (bicyclic) bond motifs is 1. The topological polar surface area (TPSA) is 88.2 Å². The third kappa shape index (κ3) is 5.85. The SMILES string of the molecule is O=C(CN(c1cccc(F)c1)S(=O)(=O)c1ccc2c(c1)OCCO2)NCc1ccc(N2CCCCC2)cc1. The van der Waals surface area contributed by atoms with Gasteiger partial charge in [-0.3, -0.25) is 9.10 Å². The molecule has 10 heteroatoms. The van der Waals surface area contributed by atoms with E-state index in [1.165, 1.54) is 55.7 Å². The molecule has 0 unspecified atom stereocenters. The number of sulfonamides is 1. The summed E-state index contributed by atoms with van der Waals surface area (Å²) >= 11 is 0. The first-order chi connectivity index (χ1) is 18.4. The molecule has 2 heterocycles. The Morgan fingerprint density at radius 1 is 0.921 bits per heavy atom. The van der Waals surface area contributed by atoms with Crippen LogP contribution in [0.5, 0.6) is 11.5 Å². The van der Waals surface area contributed by atoms with E-state index in [1.54, 1.807) is 0 Å². The van der Waals surface area contributed by atoms with E-state index >= 15 is 0 Å². The Kier molecular flexibility index (Phi) is 7.69. The first kappa shape index (κ1) is 25.8. The van der Waals surface area contributed by atoms with E-state index in [-0.39, 0.29) is 17.1 Å². The monoisotopic (exact) mass is 539 g/mol. The molecule has 0 aliphatic carbocycles. The van der Waals surface area contributed by atoms with Crippen molar-refractivity contribution in [3.8, 4) is 11.5 Å². The molecule has 1 saturated heterocycles. The zero-order valence-corrected chi connectivity index (χ0v) is 21.8. The molecule has 0 atom stereocenters. The Balaban J connectivity index is 1.31. The minimum atomic E-state index is -4.24. The van der Waals surface area contributed by atoms with Gasteiger partial charge in [0.2, 0.25) is 5.91 Å². The van der Waals surface area contributed by atoms with Crippen LogP contribution in [0.1, 0.15) is 24.8 Å². The van der Waals surface area contributed by atoms with E-state index in [4.69, 9.17) is 9.47 Å². The molecule has 3 aromatic rings. The summed E-state index contributed by atoms with van der Waals surface area (Å²) in [5.41, 5.74) is 2.09. The highest BCUT2D eigenvalue weighted by Gasteiger charge is 2.29. The second-order valence-electron chi connectivity index (χ2n) is 9.29. The van der Waals surface area contributed by atoms with E-state index in [2.05, 4.69) is 10.2 Å². The van der Waals surface area contributed by atoms with E-state index < -0.39 is 28.3 Å². The van der Waals surface area contributed by atoms with Crippen molar-refractivity contribution >= 4 is 27.3 Å². The molecule has 0 radical (unpaired) electrons. The van der Waals surface area contributed by atoms with Gasteiger partial charge in [0, 0.05) is 31.4 Å². The summed E-state index contributed by atoms with van der Waals surface area (Å²) < 4.78 is 53.3. The number of carbonyl (C=O) groups excluding carboxylic acids is 1. The second kappa shape index (κ2) is 11.3. The molecule has 0 bridgehead atoms. The molecule has 8 nitrogen and oxygen atoms in total. The standard InChI is InChI=1S/C28H30FN3O5S/c29-22-5-4-6-24(17-22)32(38(34,35)25-11-12-26-27(18-25)37-16-15-36-26)20-28(33)30-19-21-7-9-23(10-8-21)31-13-2-1-3-14-31/h4-12,17-18H,1-3,13-16,19-20H2,(H,30,33). The zero-order valence-electron chi connectivity index (χ0n) is 20.9. The van der Waals surface area contributed by atoms with Crippen LogP contribution in [0, 0.1) is 5.82 Å². The number of nitrogens with zero attached hydrogens (tertiary/aromatic N) is 2. The maximum Gasteiger partial charge on any atom is 0.264 e. The summed E-state index contributed by atoms with van der Waals surface area (Å²) in [5.74, 6) is -0.389. The fraction of sp³-hybridized carbons (Fsp3) is 0.321. The average molecular weight is 540 g/mol. The Labute approximate surface area is 222 Å². The summed E-state index contributed by atoms with van der Waals surface area (Å²) in [7, 11) is -4.24. The number of ether oxygens (including phenoxy) is 2. The Hall–Kier alpha value is -3.79. The lowest BCUT2D eigenvalue weighted by Gasteiger charge is -2.28. The first-order valence-electron chi connectivity index (χ1n) is 12.7. The van der Waals surface area contributed by atoms with Gasteiger partial charge in [0.25, 0.3) is 10.0 Å². The van der Waals surface area contributed by atoms with E-state index in [0.717, 1.165) is 34.7 Å². The molecule has 0 spiro atoms. The van der Waals surface area contributed by atoms with Crippen molar-refractivity contribution in [2.45, 2.75) is 30.7 Å². The number of halogens is 1. The van der Waals surface area contributed by atoms with Crippen molar-refractivity contribution in [2.75, 3.05) is 42.1 Å². The first-order valence-corrected chi connectivity index (χ1v) is 14.1. The highest BCUT2D eigenvalue weighted by molar-refractivity contribution is 7.92. The number of rotatable bonds is 8. The summed E-state index contributed by atoms with van der Waals surface area (Å²) in [6.07, 6.45) is 3.64. The van der Waals surface area contributed by atoms with Gasteiger partial charge in [-0.1, -0.05) is 18.2 Å². The lowest BCUT2D eigenvalue weighted by Crippen LogP contribution is -2.40. The van der Waals surface area contributed by atoms with Crippen LogP contribution in [0.2, 0.25) is 0 Å². The third-order valence-corrected chi connectivity index (χ3v) is 8.40. The minimum absolute atomic E-state index is 0.0425. The molecule has 2 aliphatic rings. The van der Waals surface area contributed by atoms with Crippen molar-refractivity contribution in [1.82, 2.24) is 5.32 Å². The van der Waals surface area contributed by atoms with Crippen LogP contribution < -0.4 is 24.0 Å². The van der Waals surface area contributed by atoms with Crippen LogP contribution in [-0.4, -0.2) is 47.2 Å².